The first-order valence-corrected chi connectivity index (χ1v) is 11.9. The molecule has 0 fully saturated rings. The number of carbonyl (C=O) groups excluding carboxylic acids is 1. The van der Waals surface area contributed by atoms with Gasteiger partial charge in [0, 0.05) is 52.6 Å². The van der Waals surface area contributed by atoms with Crippen LogP contribution in [0.5, 0.6) is 0 Å². The van der Waals surface area contributed by atoms with E-state index in [1.165, 1.54) is 0 Å². The quantitative estimate of drug-likeness (QED) is 0.328. The Morgan fingerprint density at radius 3 is 2.63 bits per heavy atom. The van der Waals surface area contributed by atoms with Crippen LogP contribution < -0.4 is 11.1 Å². The third-order valence-corrected chi connectivity index (χ3v) is 6.25. The van der Waals surface area contributed by atoms with E-state index in [1.807, 2.05) is 50.4 Å². The maximum absolute atomic E-state index is 12.5. The van der Waals surface area contributed by atoms with Crippen molar-refractivity contribution in [2.24, 2.45) is 0 Å². The number of fused-ring (bicyclic) bond motifs is 1. The lowest BCUT2D eigenvalue weighted by Crippen LogP contribution is -2.40. The van der Waals surface area contributed by atoms with E-state index in [-0.39, 0.29) is 12.5 Å². The molecular weight excluding hydrogens is 464 g/mol. The van der Waals surface area contributed by atoms with Gasteiger partial charge in [0.05, 0.1) is 18.0 Å². The van der Waals surface area contributed by atoms with E-state index in [9.17, 15) is 9.90 Å². The van der Waals surface area contributed by atoms with Gasteiger partial charge in [0.15, 0.2) is 0 Å². The molecule has 0 aliphatic heterocycles. The molecule has 8 nitrogen and oxygen atoms in total. The van der Waals surface area contributed by atoms with Gasteiger partial charge in [-0.3, -0.25) is 4.79 Å². The summed E-state index contributed by atoms with van der Waals surface area (Å²) in [5.74, 6) is 0.164. The van der Waals surface area contributed by atoms with Crippen molar-refractivity contribution >= 4 is 34.1 Å². The molecule has 35 heavy (non-hydrogen) atoms. The van der Waals surface area contributed by atoms with E-state index in [0.29, 0.717) is 22.9 Å². The van der Waals surface area contributed by atoms with Crippen molar-refractivity contribution in [3.05, 3.63) is 71.6 Å². The van der Waals surface area contributed by atoms with Gasteiger partial charge in [-0.1, -0.05) is 31.5 Å². The summed E-state index contributed by atoms with van der Waals surface area (Å²) >= 11 is 6.22. The van der Waals surface area contributed by atoms with E-state index in [4.69, 9.17) is 17.3 Å². The SMILES string of the molecule is CCN(CC)CC(O)CNC(=O)c1ccc(-n2cc(-c3c(N)ncc4ccc(Cl)cc34)cn2)cc1. The summed E-state index contributed by atoms with van der Waals surface area (Å²) in [6.45, 7) is 6.52. The van der Waals surface area contributed by atoms with Gasteiger partial charge in [0.2, 0.25) is 0 Å². The topological polar surface area (TPSA) is 109 Å². The van der Waals surface area contributed by atoms with Crippen LogP contribution in [0.3, 0.4) is 0 Å². The van der Waals surface area contributed by atoms with Gasteiger partial charge < -0.3 is 21.1 Å². The zero-order valence-electron chi connectivity index (χ0n) is 19.8. The number of nitrogens with two attached hydrogens (primary N) is 1. The van der Waals surface area contributed by atoms with Crippen LogP contribution in [0.15, 0.2) is 61.1 Å². The van der Waals surface area contributed by atoms with E-state index in [2.05, 4.69) is 20.3 Å². The fourth-order valence-corrected chi connectivity index (χ4v) is 4.19. The van der Waals surface area contributed by atoms with Crippen molar-refractivity contribution < 1.29 is 9.90 Å². The van der Waals surface area contributed by atoms with Gasteiger partial charge in [0.1, 0.15) is 5.82 Å². The summed E-state index contributed by atoms with van der Waals surface area (Å²) in [7, 11) is 0. The van der Waals surface area contributed by atoms with Gasteiger partial charge in [0.25, 0.3) is 5.91 Å². The molecule has 4 aromatic rings. The average molecular weight is 493 g/mol. The van der Waals surface area contributed by atoms with Gasteiger partial charge in [-0.2, -0.15) is 5.10 Å². The maximum atomic E-state index is 12.5. The van der Waals surface area contributed by atoms with Gasteiger partial charge in [-0.25, -0.2) is 9.67 Å². The second-order valence-electron chi connectivity index (χ2n) is 8.32. The number of aromatic nitrogens is 3. The molecule has 4 N–H and O–H groups in total. The third-order valence-electron chi connectivity index (χ3n) is 6.01. The van der Waals surface area contributed by atoms with Crippen LogP contribution in [0, 0.1) is 0 Å². The minimum atomic E-state index is -0.619. The number of halogens is 1. The van der Waals surface area contributed by atoms with Crippen molar-refractivity contribution in [3.8, 4) is 16.8 Å². The molecule has 0 aliphatic carbocycles. The number of nitrogens with zero attached hydrogens (tertiary/aromatic N) is 4. The number of rotatable bonds is 9. The molecule has 2 aromatic heterocycles. The van der Waals surface area contributed by atoms with Crippen molar-refractivity contribution in [2.45, 2.75) is 20.0 Å². The summed E-state index contributed by atoms with van der Waals surface area (Å²) < 4.78 is 1.72. The lowest BCUT2D eigenvalue weighted by molar-refractivity contribution is 0.0869. The molecule has 0 bridgehead atoms. The van der Waals surface area contributed by atoms with E-state index in [1.54, 1.807) is 29.2 Å². The zero-order valence-corrected chi connectivity index (χ0v) is 20.5. The molecule has 0 saturated carbocycles. The summed E-state index contributed by atoms with van der Waals surface area (Å²) in [6.07, 6.45) is 4.70. The van der Waals surface area contributed by atoms with Crippen molar-refractivity contribution in [2.75, 3.05) is 31.9 Å². The summed E-state index contributed by atoms with van der Waals surface area (Å²) in [6, 6.07) is 12.7. The predicted octanol–water partition coefficient (Wildman–Crippen LogP) is 3.76. The number of nitrogens with one attached hydrogen (secondary N) is 1. The molecule has 1 atom stereocenters. The molecule has 1 unspecified atom stereocenters. The molecule has 0 saturated heterocycles. The fraction of sp³-hybridized carbons (Fsp3) is 0.269. The van der Waals surface area contributed by atoms with Crippen LogP contribution in [-0.2, 0) is 0 Å². The Balaban J connectivity index is 1.48. The van der Waals surface area contributed by atoms with E-state index in [0.717, 1.165) is 40.7 Å². The maximum Gasteiger partial charge on any atom is 0.251 e. The number of nitrogen functional groups attached to an aromatic ring is 1. The molecule has 9 heteroatoms. The molecule has 4 rings (SSSR count). The van der Waals surface area contributed by atoms with Crippen molar-refractivity contribution in [1.29, 1.82) is 0 Å². The summed E-state index contributed by atoms with van der Waals surface area (Å²) in [5, 5.41) is 19.9. The van der Waals surface area contributed by atoms with Crippen LogP contribution in [0.2, 0.25) is 5.02 Å². The lowest BCUT2D eigenvalue weighted by atomic mass is 10.0. The van der Waals surface area contributed by atoms with E-state index >= 15 is 0 Å². The first-order chi connectivity index (χ1) is 16.9. The zero-order chi connectivity index (χ0) is 24.9. The largest absolute Gasteiger partial charge is 0.390 e. The van der Waals surface area contributed by atoms with Crippen LogP contribution >= 0.6 is 11.6 Å². The fourth-order valence-electron chi connectivity index (χ4n) is 4.02. The first kappa shape index (κ1) is 24.7. The number of hydrogen-bond acceptors (Lipinski definition) is 6. The van der Waals surface area contributed by atoms with Crippen LogP contribution in [0.25, 0.3) is 27.6 Å². The van der Waals surface area contributed by atoms with Crippen molar-refractivity contribution in [3.63, 3.8) is 0 Å². The average Bonchev–Trinajstić information content (AvgIpc) is 3.35. The van der Waals surface area contributed by atoms with Gasteiger partial charge in [-0.05, 0) is 54.9 Å². The summed E-state index contributed by atoms with van der Waals surface area (Å²) in [4.78, 5) is 18.9. The molecule has 0 spiro atoms. The lowest BCUT2D eigenvalue weighted by Gasteiger charge is -2.22. The Kier molecular flexibility index (Phi) is 7.65. The number of aliphatic hydroxyl groups excluding tert-OH is 1. The first-order valence-electron chi connectivity index (χ1n) is 11.6. The molecule has 0 aliphatic rings. The number of hydrogen-bond donors (Lipinski definition) is 3. The Morgan fingerprint density at radius 1 is 1.17 bits per heavy atom. The second-order valence-corrected chi connectivity index (χ2v) is 8.76. The Morgan fingerprint density at radius 2 is 1.91 bits per heavy atom. The second kappa shape index (κ2) is 10.9. The summed E-state index contributed by atoms with van der Waals surface area (Å²) in [5.41, 5.74) is 9.09. The highest BCUT2D eigenvalue weighted by Gasteiger charge is 2.14. The van der Waals surface area contributed by atoms with Crippen LogP contribution in [0.4, 0.5) is 5.82 Å². The molecule has 182 valence electrons. The number of aliphatic hydroxyl groups is 1. The molecule has 1 amide bonds. The minimum Gasteiger partial charge on any atom is -0.390 e. The molecular formula is C26H29ClN6O2. The molecule has 2 heterocycles. The highest BCUT2D eigenvalue weighted by molar-refractivity contribution is 6.31. The predicted molar refractivity (Wildman–Crippen MR) is 140 cm³/mol. The van der Waals surface area contributed by atoms with Gasteiger partial charge >= 0.3 is 0 Å². The highest BCUT2D eigenvalue weighted by atomic mass is 35.5. The smallest absolute Gasteiger partial charge is 0.251 e. The van der Waals surface area contributed by atoms with Gasteiger partial charge in [-0.15, -0.1) is 0 Å². The van der Waals surface area contributed by atoms with Crippen LogP contribution in [-0.4, -0.2) is 63.0 Å². The number of carbonyl (C=O) groups is 1. The highest BCUT2D eigenvalue weighted by Crippen LogP contribution is 2.34. The van der Waals surface area contributed by atoms with Crippen LogP contribution in [0.1, 0.15) is 24.2 Å². The molecule has 0 radical (unpaired) electrons. The number of anilines is 1. The third kappa shape index (κ3) is 5.62. The number of pyridine rings is 1. The van der Waals surface area contributed by atoms with E-state index < -0.39 is 6.10 Å². The number of benzene rings is 2. The Bertz CT molecular complexity index is 1310. The monoisotopic (exact) mass is 492 g/mol. The molecule has 2 aromatic carbocycles. The van der Waals surface area contributed by atoms with Crippen molar-refractivity contribution in [1.82, 2.24) is 25.0 Å². The number of likely N-dealkylation sites (N-methyl/N-ethyl adjacent to an activating group) is 1. The number of amides is 1. The standard InChI is InChI=1S/C26H29ClN6O2/c1-3-32(4-2)16-22(34)14-30-26(35)17-6-9-21(10-7-17)33-15-19(13-31-33)24-23-11-20(27)8-5-18(23)12-29-25(24)28/h5-13,15,22,34H,3-4,14,16H2,1-2H3,(H2,28,29)(H,30,35). The Hall–Kier alpha value is -3.46. The minimum absolute atomic E-state index is 0.199. The normalized spacial score (nSPS) is 12.3. The Labute approximate surface area is 209 Å².